The van der Waals surface area contributed by atoms with Crippen molar-refractivity contribution in [3.8, 4) is 11.3 Å². The monoisotopic (exact) mass is 640 g/mol. The van der Waals surface area contributed by atoms with E-state index >= 15 is 0 Å². The smallest absolute Gasteiger partial charge is 0.435 e. The summed E-state index contributed by atoms with van der Waals surface area (Å²) in [5.74, 6) is -0.813. The fraction of sp³-hybridized carbons (Fsp3) is 0.370. The number of H-pyrrole nitrogens is 1. The summed E-state index contributed by atoms with van der Waals surface area (Å²) in [6.07, 6.45) is -0.697. The number of nitrogens with zero attached hydrogens (tertiary/aromatic N) is 7. The standard InChI is InChI=1S/C27H26ClF5N8O3/c1-26(2,3)44-25(43)39-10-8-38(9-11-39)23(42)16-5-4-15(12-18(16)28)41(24(29)30)22-21-35-14-19(40(21)7-6-34-22)17-13-36-37-20(17)27(31,32)33/h4-7,12-14,24H,8-11H2,1-3H3,(H,36,37). The van der Waals surface area contributed by atoms with Crippen LogP contribution in [0, 0.1) is 0 Å². The van der Waals surface area contributed by atoms with E-state index in [4.69, 9.17) is 16.3 Å². The van der Waals surface area contributed by atoms with Gasteiger partial charge in [0, 0.05) is 50.5 Å². The summed E-state index contributed by atoms with van der Waals surface area (Å²) in [6.45, 7) is 2.98. The predicted molar refractivity (Wildman–Crippen MR) is 149 cm³/mol. The second-order valence-corrected chi connectivity index (χ2v) is 11.2. The maximum Gasteiger partial charge on any atom is 0.435 e. The number of aromatic nitrogens is 5. The second-order valence-electron chi connectivity index (χ2n) is 10.8. The van der Waals surface area contributed by atoms with Crippen molar-refractivity contribution >= 4 is 40.8 Å². The van der Waals surface area contributed by atoms with Crippen molar-refractivity contribution < 1.29 is 36.3 Å². The van der Waals surface area contributed by atoms with Crippen molar-refractivity contribution in [1.82, 2.24) is 34.4 Å². The lowest BCUT2D eigenvalue weighted by molar-refractivity contribution is -0.140. The van der Waals surface area contributed by atoms with Crippen LogP contribution < -0.4 is 4.90 Å². The van der Waals surface area contributed by atoms with Gasteiger partial charge in [0.05, 0.1) is 28.0 Å². The third-order valence-electron chi connectivity index (χ3n) is 6.70. The van der Waals surface area contributed by atoms with Crippen molar-refractivity contribution in [2.24, 2.45) is 0 Å². The molecule has 1 N–H and O–H groups in total. The molecule has 17 heteroatoms. The molecule has 2 amide bonds. The molecule has 4 aromatic rings. The molecule has 5 rings (SSSR count). The number of nitrogens with one attached hydrogen (secondary N) is 1. The Morgan fingerprint density at radius 3 is 2.36 bits per heavy atom. The van der Waals surface area contributed by atoms with Gasteiger partial charge < -0.3 is 14.5 Å². The van der Waals surface area contributed by atoms with Crippen LogP contribution in [0.5, 0.6) is 0 Å². The van der Waals surface area contributed by atoms with E-state index in [1.54, 1.807) is 20.8 Å². The summed E-state index contributed by atoms with van der Waals surface area (Å²) in [6, 6.07) is 3.73. The number of halogens is 6. The van der Waals surface area contributed by atoms with Crippen LogP contribution in [0.3, 0.4) is 0 Å². The number of hydrogen-bond donors (Lipinski definition) is 1. The Hall–Kier alpha value is -4.47. The van der Waals surface area contributed by atoms with Crippen LogP contribution in [0.15, 0.2) is 43.0 Å². The third kappa shape index (κ3) is 6.11. The van der Waals surface area contributed by atoms with Gasteiger partial charge in [0.2, 0.25) is 0 Å². The maximum atomic E-state index is 14.5. The Kier molecular flexibility index (Phi) is 8.13. The minimum absolute atomic E-state index is 0.0512. The molecular formula is C27H26ClF5N8O3. The summed E-state index contributed by atoms with van der Waals surface area (Å²) < 4.78 is 76.0. The minimum atomic E-state index is -4.77. The third-order valence-corrected chi connectivity index (χ3v) is 7.01. The van der Waals surface area contributed by atoms with Gasteiger partial charge in [-0.3, -0.25) is 19.2 Å². The summed E-state index contributed by atoms with van der Waals surface area (Å²) in [5, 5.41) is 5.33. The number of amides is 2. The average molecular weight is 641 g/mol. The first-order chi connectivity index (χ1) is 20.7. The van der Waals surface area contributed by atoms with Crippen LogP contribution in [0.1, 0.15) is 36.8 Å². The van der Waals surface area contributed by atoms with Gasteiger partial charge in [-0.1, -0.05) is 11.6 Å². The van der Waals surface area contributed by atoms with Crippen molar-refractivity contribution in [2.75, 3.05) is 31.1 Å². The molecule has 0 bridgehead atoms. The number of fused-ring (bicyclic) bond motifs is 1. The molecule has 1 fully saturated rings. The molecule has 234 valence electrons. The van der Waals surface area contributed by atoms with Gasteiger partial charge in [0.25, 0.3) is 5.91 Å². The second kappa shape index (κ2) is 11.6. The van der Waals surface area contributed by atoms with Crippen LogP contribution >= 0.6 is 11.6 Å². The molecule has 1 aliphatic heterocycles. The summed E-state index contributed by atoms with van der Waals surface area (Å²) >= 11 is 6.42. The first-order valence-electron chi connectivity index (χ1n) is 13.2. The molecule has 1 saturated heterocycles. The summed E-state index contributed by atoms with van der Waals surface area (Å²) in [5.41, 5.74) is -2.47. The molecule has 0 unspecified atom stereocenters. The molecule has 0 saturated carbocycles. The maximum absolute atomic E-state index is 14.5. The molecule has 0 radical (unpaired) electrons. The number of hydrogen-bond acceptors (Lipinski definition) is 7. The van der Waals surface area contributed by atoms with Gasteiger partial charge in [-0.2, -0.15) is 27.1 Å². The number of imidazole rings is 1. The van der Waals surface area contributed by atoms with Crippen LogP contribution in [-0.2, 0) is 10.9 Å². The Labute approximate surface area is 252 Å². The number of alkyl halides is 5. The van der Waals surface area contributed by atoms with Crippen LogP contribution in [0.4, 0.5) is 38.3 Å². The van der Waals surface area contributed by atoms with Crippen LogP contribution in [0.25, 0.3) is 16.9 Å². The molecule has 11 nitrogen and oxygen atoms in total. The van der Waals surface area contributed by atoms with E-state index in [-0.39, 0.29) is 65.2 Å². The quantitative estimate of drug-likeness (QED) is 0.215. The molecule has 0 aliphatic carbocycles. The number of anilines is 2. The van der Waals surface area contributed by atoms with E-state index in [9.17, 15) is 31.5 Å². The lowest BCUT2D eigenvalue weighted by atomic mass is 10.1. The van der Waals surface area contributed by atoms with Crippen LogP contribution in [0.2, 0.25) is 5.02 Å². The van der Waals surface area contributed by atoms with Crippen molar-refractivity contribution in [1.29, 1.82) is 0 Å². The summed E-state index contributed by atoms with van der Waals surface area (Å²) in [7, 11) is 0. The molecule has 3 aromatic heterocycles. The highest BCUT2D eigenvalue weighted by Crippen LogP contribution is 2.38. The first kappa shape index (κ1) is 31.0. The lowest BCUT2D eigenvalue weighted by Gasteiger charge is -2.35. The van der Waals surface area contributed by atoms with Crippen molar-refractivity contribution in [3.63, 3.8) is 0 Å². The zero-order valence-electron chi connectivity index (χ0n) is 23.6. The van der Waals surface area contributed by atoms with Crippen molar-refractivity contribution in [2.45, 2.75) is 39.1 Å². The molecule has 0 atom stereocenters. The number of ether oxygens (including phenoxy) is 1. The van der Waals surface area contributed by atoms with E-state index in [2.05, 4.69) is 20.2 Å². The van der Waals surface area contributed by atoms with E-state index in [0.29, 0.717) is 4.90 Å². The largest absolute Gasteiger partial charge is 0.444 e. The fourth-order valence-corrected chi connectivity index (χ4v) is 4.98. The van der Waals surface area contributed by atoms with Crippen molar-refractivity contribution in [3.05, 3.63) is 59.3 Å². The van der Waals surface area contributed by atoms with Gasteiger partial charge in [-0.05, 0) is 39.0 Å². The number of piperazine rings is 1. The van der Waals surface area contributed by atoms with Gasteiger partial charge in [0.1, 0.15) is 5.60 Å². The zero-order valence-corrected chi connectivity index (χ0v) is 24.3. The highest BCUT2D eigenvalue weighted by molar-refractivity contribution is 6.34. The van der Waals surface area contributed by atoms with Gasteiger partial charge in [-0.25, -0.2) is 14.8 Å². The Morgan fingerprint density at radius 2 is 1.75 bits per heavy atom. The Bertz CT molecular complexity index is 1690. The average Bonchev–Trinajstić information content (AvgIpc) is 3.60. The number of benzene rings is 1. The molecule has 0 spiro atoms. The number of rotatable bonds is 5. The highest BCUT2D eigenvalue weighted by Gasteiger charge is 2.38. The van der Waals surface area contributed by atoms with Gasteiger partial charge >= 0.3 is 18.8 Å². The Balaban J connectivity index is 1.39. The number of carbonyl (C=O) groups excluding carboxylic acids is 2. The molecule has 1 aromatic carbocycles. The summed E-state index contributed by atoms with van der Waals surface area (Å²) in [4.78, 5) is 37.2. The van der Waals surface area contributed by atoms with Crippen LogP contribution in [-0.4, -0.2) is 84.7 Å². The van der Waals surface area contributed by atoms with E-state index in [0.717, 1.165) is 18.6 Å². The van der Waals surface area contributed by atoms with Gasteiger partial charge in [-0.15, -0.1) is 0 Å². The fourth-order valence-electron chi connectivity index (χ4n) is 4.72. The number of aromatic amines is 1. The first-order valence-corrected chi connectivity index (χ1v) is 13.6. The lowest BCUT2D eigenvalue weighted by Crippen LogP contribution is -2.51. The molecular weight excluding hydrogens is 615 g/mol. The SMILES string of the molecule is CC(C)(C)OC(=O)N1CCN(C(=O)c2ccc(N(c3nccn4c(-c5c[nH]nc5C(F)(F)F)cnc34)C(F)F)cc2Cl)CC1. The van der Waals surface area contributed by atoms with E-state index in [1.807, 2.05) is 0 Å². The predicted octanol–water partition coefficient (Wildman–Crippen LogP) is 5.85. The van der Waals surface area contributed by atoms with E-state index < -0.39 is 36.0 Å². The molecule has 44 heavy (non-hydrogen) atoms. The molecule has 4 heterocycles. The molecule has 1 aliphatic rings. The van der Waals surface area contributed by atoms with Gasteiger partial charge in [0.15, 0.2) is 17.2 Å². The normalized spacial score (nSPS) is 14.4. The Morgan fingerprint density at radius 1 is 1.07 bits per heavy atom. The highest BCUT2D eigenvalue weighted by atomic mass is 35.5. The van der Waals surface area contributed by atoms with E-state index in [1.165, 1.54) is 38.6 Å². The minimum Gasteiger partial charge on any atom is -0.444 e. The zero-order chi connectivity index (χ0) is 32.0. The number of carbonyl (C=O) groups is 2. The topological polar surface area (TPSA) is 112 Å².